The molecule has 0 bridgehead atoms. The molecule has 1 heterocycles. The summed E-state index contributed by atoms with van der Waals surface area (Å²) in [4.78, 5) is 32.5. The van der Waals surface area contributed by atoms with Crippen LogP contribution in [0, 0.1) is 11.6 Å². The second-order valence-electron chi connectivity index (χ2n) is 8.83. The minimum atomic E-state index is -4.77. The Morgan fingerprint density at radius 1 is 0.978 bits per heavy atom. The number of carbonyl (C=O) groups is 2. The third-order valence-electron chi connectivity index (χ3n) is 5.78. The van der Waals surface area contributed by atoms with Gasteiger partial charge in [0, 0.05) is 16.8 Å². The number of amides is 3. The maximum atomic E-state index is 14.9. The lowest BCUT2D eigenvalue weighted by molar-refractivity contribution is -0.137. The van der Waals surface area contributed by atoms with Gasteiger partial charge in [-0.05, 0) is 61.0 Å². The third-order valence-corrected chi connectivity index (χ3v) is 6.85. The van der Waals surface area contributed by atoms with Crippen molar-refractivity contribution in [3.8, 4) is 17.0 Å². The van der Waals surface area contributed by atoms with Crippen molar-refractivity contribution in [3.63, 3.8) is 0 Å². The van der Waals surface area contributed by atoms with E-state index in [-0.39, 0.29) is 40.1 Å². The van der Waals surface area contributed by atoms with Crippen LogP contribution in [0.3, 0.4) is 0 Å². The molecule has 0 aliphatic rings. The summed E-state index contributed by atoms with van der Waals surface area (Å²) in [5, 5.41) is 6.95. The standard InChI is InChI=1S/C28H23F5N6O5S/c1-3-44-27(41)39-45(42)18-6-4-5-17(13-18)35-25-34-14-19(24(38-25)43-2)15-7-10-22(21(30)11-15)36-26(40)37-23-12-16(28(31,32)33)8-9-20(23)29/h4-14,45H,3H2,1-2H3,(H,34,35,38)(H2,36,37,40). The topological polar surface area (TPSA) is 144 Å². The average molecular weight is 651 g/mol. The van der Waals surface area contributed by atoms with E-state index < -0.39 is 51.8 Å². The molecule has 0 radical (unpaired) electrons. The zero-order valence-corrected chi connectivity index (χ0v) is 24.2. The molecule has 11 nitrogen and oxygen atoms in total. The number of thiol groups is 1. The lowest BCUT2D eigenvalue weighted by Crippen LogP contribution is -2.21. The third kappa shape index (κ3) is 8.41. The fourth-order valence-electron chi connectivity index (χ4n) is 3.75. The van der Waals surface area contributed by atoms with Crippen LogP contribution in [0.15, 0.2) is 76.1 Å². The van der Waals surface area contributed by atoms with E-state index in [0.717, 1.165) is 6.07 Å². The number of ether oxygens (including phenoxy) is 2. The number of carbonyl (C=O) groups excluding carboxylic acids is 2. The van der Waals surface area contributed by atoms with Crippen LogP contribution >= 0.6 is 0 Å². The Morgan fingerprint density at radius 3 is 2.42 bits per heavy atom. The van der Waals surface area contributed by atoms with Crippen LogP contribution in [0.25, 0.3) is 11.1 Å². The molecule has 0 saturated heterocycles. The quantitative estimate of drug-likeness (QED) is 0.118. The molecule has 0 spiro atoms. The Kier molecular flexibility index (Phi) is 10.1. The summed E-state index contributed by atoms with van der Waals surface area (Å²) in [7, 11) is -1.10. The predicted molar refractivity (Wildman–Crippen MR) is 155 cm³/mol. The molecule has 0 aliphatic carbocycles. The average Bonchev–Trinajstić information content (AvgIpc) is 2.99. The molecule has 1 atom stereocenters. The molecule has 0 saturated carbocycles. The van der Waals surface area contributed by atoms with E-state index >= 15 is 0 Å². The van der Waals surface area contributed by atoms with Crippen LogP contribution < -0.4 is 20.7 Å². The summed E-state index contributed by atoms with van der Waals surface area (Å²) in [5.74, 6) is -1.96. The van der Waals surface area contributed by atoms with Gasteiger partial charge >= 0.3 is 18.3 Å². The number of hydrogen-bond acceptors (Lipinski definition) is 8. The second-order valence-corrected chi connectivity index (χ2v) is 10.1. The molecular weight excluding hydrogens is 627 g/mol. The zero-order valence-electron chi connectivity index (χ0n) is 23.3. The van der Waals surface area contributed by atoms with Gasteiger partial charge in [-0.25, -0.2) is 27.6 Å². The summed E-state index contributed by atoms with van der Waals surface area (Å²) in [6.45, 7) is 1.68. The molecule has 0 fully saturated rings. The van der Waals surface area contributed by atoms with Gasteiger partial charge in [-0.1, -0.05) is 12.1 Å². The first-order valence-corrected chi connectivity index (χ1v) is 14.0. The summed E-state index contributed by atoms with van der Waals surface area (Å²) in [5.41, 5.74) is -1.37. The number of hydrogen-bond donors (Lipinski definition) is 4. The Morgan fingerprint density at radius 2 is 1.73 bits per heavy atom. The van der Waals surface area contributed by atoms with Crippen molar-refractivity contribution in [2.45, 2.75) is 18.0 Å². The van der Waals surface area contributed by atoms with Gasteiger partial charge in [0.25, 0.3) is 0 Å². The molecule has 4 aromatic rings. The van der Waals surface area contributed by atoms with Gasteiger partial charge < -0.3 is 25.4 Å². The SMILES string of the molecule is CCOC(=O)/N=[SH](=O)\c1cccc(Nc2ncc(-c3ccc(NC(=O)Nc4cc(C(F)(F)F)ccc4F)c(F)c3)c(OC)n2)c1. The van der Waals surface area contributed by atoms with Gasteiger partial charge in [0.05, 0.1) is 46.8 Å². The minimum absolute atomic E-state index is 0.0323. The molecule has 4 rings (SSSR count). The fourth-order valence-corrected chi connectivity index (χ4v) is 4.54. The number of rotatable bonds is 8. The molecule has 3 aromatic carbocycles. The summed E-state index contributed by atoms with van der Waals surface area (Å²) in [6, 6.07) is 10.1. The first-order valence-electron chi connectivity index (χ1n) is 12.8. The summed E-state index contributed by atoms with van der Waals surface area (Å²) < 4.78 is 93.6. The van der Waals surface area contributed by atoms with E-state index in [9.17, 15) is 35.8 Å². The van der Waals surface area contributed by atoms with Gasteiger partial charge in [-0.3, -0.25) is 0 Å². The van der Waals surface area contributed by atoms with Crippen molar-refractivity contribution in [2.24, 2.45) is 4.36 Å². The highest BCUT2D eigenvalue weighted by atomic mass is 32.2. The maximum absolute atomic E-state index is 14.9. The van der Waals surface area contributed by atoms with E-state index in [2.05, 4.69) is 29.7 Å². The number of methoxy groups -OCH3 is 1. The zero-order chi connectivity index (χ0) is 32.7. The number of nitrogens with one attached hydrogen (secondary N) is 3. The van der Waals surface area contributed by atoms with E-state index in [0.29, 0.717) is 23.9 Å². The van der Waals surface area contributed by atoms with Crippen LogP contribution in [-0.4, -0.2) is 40.0 Å². The summed E-state index contributed by atoms with van der Waals surface area (Å²) >= 11 is 0. The Labute approximate surface area is 254 Å². The minimum Gasteiger partial charge on any atom is -0.480 e. The molecule has 45 heavy (non-hydrogen) atoms. The molecule has 17 heteroatoms. The van der Waals surface area contributed by atoms with Gasteiger partial charge in [-0.15, -0.1) is 4.36 Å². The molecule has 1 unspecified atom stereocenters. The van der Waals surface area contributed by atoms with Gasteiger partial charge in [0.2, 0.25) is 11.8 Å². The van der Waals surface area contributed by atoms with Crippen molar-refractivity contribution in [2.75, 3.05) is 29.7 Å². The van der Waals surface area contributed by atoms with E-state index in [1.807, 2.05) is 5.32 Å². The first-order chi connectivity index (χ1) is 21.4. The number of aromatic nitrogens is 2. The summed E-state index contributed by atoms with van der Waals surface area (Å²) in [6.07, 6.45) is -4.38. The molecule has 3 N–H and O–H groups in total. The maximum Gasteiger partial charge on any atom is 0.441 e. The normalized spacial score (nSPS) is 11.9. The largest absolute Gasteiger partial charge is 0.480 e. The molecular formula is C28H23F5N6O5S. The lowest BCUT2D eigenvalue weighted by Gasteiger charge is -2.13. The smallest absolute Gasteiger partial charge is 0.441 e. The van der Waals surface area contributed by atoms with E-state index in [4.69, 9.17) is 4.74 Å². The Hall–Kier alpha value is -5.32. The van der Waals surface area contributed by atoms with Crippen molar-refractivity contribution in [3.05, 3.63) is 84.1 Å². The predicted octanol–water partition coefficient (Wildman–Crippen LogP) is 7.02. The lowest BCUT2D eigenvalue weighted by atomic mass is 10.1. The van der Waals surface area contributed by atoms with Crippen LogP contribution in [0.5, 0.6) is 5.88 Å². The van der Waals surface area contributed by atoms with Crippen LogP contribution in [0.2, 0.25) is 0 Å². The number of anilines is 4. The van der Waals surface area contributed by atoms with Crippen molar-refractivity contribution in [1.29, 1.82) is 0 Å². The van der Waals surface area contributed by atoms with Crippen molar-refractivity contribution >= 4 is 45.7 Å². The van der Waals surface area contributed by atoms with Gasteiger partial charge in [0.1, 0.15) is 11.6 Å². The van der Waals surface area contributed by atoms with Crippen LogP contribution in [-0.2, 0) is 21.5 Å². The van der Waals surface area contributed by atoms with Crippen LogP contribution in [0.1, 0.15) is 12.5 Å². The number of benzene rings is 3. The van der Waals surface area contributed by atoms with E-state index in [1.165, 1.54) is 37.6 Å². The first kappa shape index (κ1) is 32.6. The number of halogens is 5. The second kappa shape index (κ2) is 14.0. The molecule has 1 aromatic heterocycles. The van der Waals surface area contributed by atoms with Gasteiger partial charge in [0.15, 0.2) is 0 Å². The highest BCUT2D eigenvalue weighted by Gasteiger charge is 2.31. The highest BCUT2D eigenvalue weighted by Crippen LogP contribution is 2.33. The molecule has 236 valence electrons. The van der Waals surface area contributed by atoms with E-state index in [1.54, 1.807) is 19.1 Å². The Bertz CT molecular complexity index is 1830. The number of urea groups is 1. The fraction of sp³-hybridized carbons (Fsp3) is 0.143. The van der Waals surface area contributed by atoms with Crippen molar-refractivity contribution < 1.29 is 45.2 Å². The van der Waals surface area contributed by atoms with Gasteiger partial charge in [-0.2, -0.15) is 18.2 Å². The monoisotopic (exact) mass is 650 g/mol. The number of nitrogens with zero attached hydrogens (tertiary/aromatic N) is 3. The van der Waals surface area contributed by atoms with Crippen molar-refractivity contribution in [1.82, 2.24) is 9.97 Å². The Balaban J connectivity index is 1.49. The molecule has 0 aliphatic heterocycles. The molecule has 3 amide bonds. The number of alkyl halides is 3. The van der Waals surface area contributed by atoms with Crippen LogP contribution in [0.4, 0.5) is 54.6 Å². The highest BCUT2D eigenvalue weighted by molar-refractivity contribution is 7.75.